The highest BCUT2D eigenvalue weighted by molar-refractivity contribution is 5.38. The van der Waals surface area contributed by atoms with Gasteiger partial charge in [0.15, 0.2) is 0 Å². The SMILES string of the molecule is CC1CC2(CCO1)C[C@@H](O)c1ccccc1O2. The van der Waals surface area contributed by atoms with Gasteiger partial charge in [0.1, 0.15) is 11.4 Å². The molecule has 3 nitrogen and oxygen atoms in total. The van der Waals surface area contributed by atoms with Gasteiger partial charge in [-0.1, -0.05) is 18.2 Å². The average Bonchev–Trinajstić information content (AvgIpc) is 2.28. The Morgan fingerprint density at radius 3 is 2.94 bits per heavy atom. The molecule has 1 saturated heterocycles. The second kappa shape index (κ2) is 4.00. The predicted octanol–water partition coefficient (Wildman–Crippen LogP) is 2.44. The topological polar surface area (TPSA) is 38.7 Å². The lowest BCUT2D eigenvalue weighted by molar-refractivity contribution is -0.111. The van der Waals surface area contributed by atoms with E-state index in [1.165, 1.54) is 0 Å². The number of para-hydroxylation sites is 1. The molecule has 0 aliphatic carbocycles. The van der Waals surface area contributed by atoms with Crippen LogP contribution in [0.1, 0.15) is 37.9 Å². The van der Waals surface area contributed by atoms with Gasteiger partial charge in [-0.25, -0.2) is 0 Å². The third kappa shape index (κ3) is 1.94. The number of hydrogen-bond acceptors (Lipinski definition) is 3. The molecule has 1 spiro atoms. The maximum absolute atomic E-state index is 10.2. The van der Waals surface area contributed by atoms with E-state index < -0.39 is 6.10 Å². The summed E-state index contributed by atoms with van der Waals surface area (Å²) >= 11 is 0. The van der Waals surface area contributed by atoms with Gasteiger partial charge in [-0.15, -0.1) is 0 Å². The van der Waals surface area contributed by atoms with Crippen molar-refractivity contribution in [3.05, 3.63) is 29.8 Å². The second-order valence-electron chi connectivity index (χ2n) is 5.18. The van der Waals surface area contributed by atoms with Gasteiger partial charge in [-0.2, -0.15) is 0 Å². The van der Waals surface area contributed by atoms with Crippen molar-refractivity contribution < 1.29 is 14.6 Å². The van der Waals surface area contributed by atoms with Crippen molar-refractivity contribution in [1.82, 2.24) is 0 Å². The first-order valence-electron chi connectivity index (χ1n) is 6.26. The molecule has 0 saturated carbocycles. The number of rotatable bonds is 0. The molecule has 17 heavy (non-hydrogen) atoms. The van der Waals surface area contributed by atoms with Crippen molar-refractivity contribution in [2.45, 2.75) is 44.0 Å². The maximum atomic E-state index is 10.2. The molecule has 2 aliphatic heterocycles. The Morgan fingerprint density at radius 2 is 2.12 bits per heavy atom. The van der Waals surface area contributed by atoms with Crippen LogP contribution in [0.5, 0.6) is 5.75 Å². The van der Waals surface area contributed by atoms with Crippen molar-refractivity contribution in [2.75, 3.05) is 6.61 Å². The molecule has 3 atom stereocenters. The molecule has 2 aliphatic rings. The van der Waals surface area contributed by atoms with E-state index in [0.717, 1.165) is 30.8 Å². The Balaban J connectivity index is 1.92. The monoisotopic (exact) mass is 234 g/mol. The van der Waals surface area contributed by atoms with Crippen LogP contribution in [-0.2, 0) is 4.74 Å². The van der Waals surface area contributed by atoms with Crippen molar-refractivity contribution in [2.24, 2.45) is 0 Å². The average molecular weight is 234 g/mol. The molecule has 3 heteroatoms. The van der Waals surface area contributed by atoms with Gasteiger partial charge in [0.2, 0.25) is 0 Å². The van der Waals surface area contributed by atoms with Crippen LogP contribution in [0, 0.1) is 0 Å². The molecule has 92 valence electrons. The number of ether oxygens (including phenoxy) is 2. The second-order valence-corrected chi connectivity index (χ2v) is 5.18. The molecule has 3 rings (SSSR count). The first kappa shape index (κ1) is 11.1. The normalized spacial score (nSPS) is 36.4. The van der Waals surface area contributed by atoms with Crippen LogP contribution in [-0.4, -0.2) is 23.4 Å². The number of aliphatic hydroxyl groups is 1. The standard InChI is InChI=1S/C14H18O3/c1-10-8-14(6-7-16-10)9-12(15)11-4-2-3-5-13(11)17-14/h2-5,10,12,15H,6-9H2,1H3/t10?,12-,14?/m1/s1. The van der Waals surface area contributed by atoms with E-state index in [1.54, 1.807) is 0 Å². The molecular weight excluding hydrogens is 216 g/mol. The van der Waals surface area contributed by atoms with Gasteiger partial charge in [0.05, 0.1) is 18.8 Å². The summed E-state index contributed by atoms with van der Waals surface area (Å²) in [5, 5.41) is 10.2. The molecule has 1 N–H and O–H groups in total. The summed E-state index contributed by atoms with van der Waals surface area (Å²) in [7, 11) is 0. The minimum absolute atomic E-state index is 0.209. The maximum Gasteiger partial charge on any atom is 0.125 e. The van der Waals surface area contributed by atoms with Gasteiger partial charge in [-0.05, 0) is 13.0 Å². The quantitative estimate of drug-likeness (QED) is 0.749. The fraction of sp³-hybridized carbons (Fsp3) is 0.571. The minimum Gasteiger partial charge on any atom is -0.487 e. The zero-order valence-electron chi connectivity index (χ0n) is 10.1. The molecule has 0 radical (unpaired) electrons. The number of fused-ring (bicyclic) bond motifs is 1. The van der Waals surface area contributed by atoms with Gasteiger partial charge in [-0.3, -0.25) is 0 Å². The highest BCUT2D eigenvalue weighted by atomic mass is 16.5. The molecule has 1 aromatic rings. The highest BCUT2D eigenvalue weighted by Crippen LogP contribution is 2.44. The van der Waals surface area contributed by atoms with E-state index in [0.29, 0.717) is 6.42 Å². The van der Waals surface area contributed by atoms with Gasteiger partial charge >= 0.3 is 0 Å². The number of aliphatic hydroxyl groups excluding tert-OH is 1. The van der Waals surface area contributed by atoms with E-state index in [2.05, 4.69) is 6.92 Å². The summed E-state index contributed by atoms with van der Waals surface area (Å²) in [6.45, 7) is 2.78. The van der Waals surface area contributed by atoms with Gasteiger partial charge in [0.25, 0.3) is 0 Å². The Hall–Kier alpha value is -1.06. The summed E-state index contributed by atoms with van der Waals surface area (Å²) in [5.41, 5.74) is 0.683. The molecule has 1 aromatic carbocycles. The third-order valence-electron chi connectivity index (χ3n) is 3.79. The first-order chi connectivity index (χ1) is 8.19. The summed E-state index contributed by atoms with van der Waals surface area (Å²) in [6, 6.07) is 7.78. The van der Waals surface area contributed by atoms with Crippen LogP contribution < -0.4 is 4.74 Å². The molecule has 0 aromatic heterocycles. The van der Waals surface area contributed by atoms with Crippen LogP contribution in [0.15, 0.2) is 24.3 Å². The van der Waals surface area contributed by atoms with E-state index >= 15 is 0 Å². The zero-order valence-corrected chi connectivity index (χ0v) is 10.1. The fourth-order valence-corrected chi connectivity index (χ4v) is 3.00. The van der Waals surface area contributed by atoms with Crippen molar-refractivity contribution in [3.63, 3.8) is 0 Å². The molecule has 2 heterocycles. The summed E-state index contributed by atoms with van der Waals surface area (Å²) in [5.74, 6) is 0.834. The Labute approximate surface area is 101 Å². The van der Waals surface area contributed by atoms with Gasteiger partial charge in [0, 0.05) is 24.8 Å². The summed E-state index contributed by atoms with van der Waals surface area (Å²) in [4.78, 5) is 0. The van der Waals surface area contributed by atoms with Crippen molar-refractivity contribution in [1.29, 1.82) is 0 Å². The van der Waals surface area contributed by atoms with Crippen molar-refractivity contribution in [3.8, 4) is 5.75 Å². The molecule has 2 unspecified atom stereocenters. The van der Waals surface area contributed by atoms with E-state index in [-0.39, 0.29) is 11.7 Å². The van der Waals surface area contributed by atoms with Crippen LogP contribution >= 0.6 is 0 Å². The zero-order chi connectivity index (χ0) is 11.9. The van der Waals surface area contributed by atoms with Crippen LogP contribution in [0.3, 0.4) is 0 Å². The van der Waals surface area contributed by atoms with E-state index in [1.807, 2.05) is 24.3 Å². The first-order valence-corrected chi connectivity index (χ1v) is 6.26. The lowest BCUT2D eigenvalue weighted by Crippen LogP contribution is -2.47. The minimum atomic E-state index is -0.412. The molecule has 0 bridgehead atoms. The van der Waals surface area contributed by atoms with Gasteiger partial charge < -0.3 is 14.6 Å². The molecular formula is C14H18O3. The Morgan fingerprint density at radius 1 is 1.29 bits per heavy atom. The van der Waals surface area contributed by atoms with Crippen molar-refractivity contribution >= 4 is 0 Å². The summed E-state index contributed by atoms with van der Waals surface area (Å²) in [6.07, 6.45) is 2.20. The summed E-state index contributed by atoms with van der Waals surface area (Å²) < 4.78 is 11.7. The lowest BCUT2D eigenvalue weighted by Gasteiger charge is -2.44. The Kier molecular flexibility index (Phi) is 2.60. The third-order valence-corrected chi connectivity index (χ3v) is 3.79. The Bertz CT molecular complexity index is 418. The van der Waals surface area contributed by atoms with E-state index in [4.69, 9.17) is 9.47 Å². The van der Waals surface area contributed by atoms with Crippen LogP contribution in [0.4, 0.5) is 0 Å². The lowest BCUT2D eigenvalue weighted by atomic mass is 9.81. The number of hydrogen-bond donors (Lipinski definition) is 1. The molecule has 0 amide bonds. The van der Waals surface area contributed by atoms with Crippen LogP contribution in [0.2, 0.25) is 0 Å². The van der Waals surface area contributed by atoms with E-state index in [9.17, 15) is 5.11 Å². The molecule has 1 fully saturated rings. The van der Waals surface area contributed by atoms with Crippen LogP contribution in [0.25, 0.3) is 0 Å². The predicted molar refractivity (Wildman–Crippen MR) is 64.0 cm³/mol. The highest BCUT2D eigenvalue weighted by Gasteiger charge is 2.43. The number of benzene rings is 1. The smallest absolute Gasteiger partial charge is 0.125 e. The largest absolute Gasteiger partial charge is 0.487 e. The fourth-order valence-electron chi connectivity index (χ4n) is 3.00.